The lowest BCUT2D eigenvalue weighted by atomic mass is 10.2. The highest BCUT2D eigenvalue weighted by molar-refractivity contribution is 7.92. The van der Waals surface area contributed by atoms with Gasteiger partial charge in [-0.2, -0.15) is 10.4 Å². The van der Waals surface area contributed by atoms with Gasteiger partial charge in [0.25, 0.3) is 10.0 Å². The van der Waals surface area contributed by atoms with Crippen molar-refractivity contribution in [2.75, 3.05) is 4.72 Å². The predicted molar refractivity (Wildman–Crippen MR) is 74.9 cm³/mol. The lowest BCUT2D eigenvalue weighted by molar-refractivity contribution is 0.600. The van der Waals surface area contributed by atoms with Crippen molar-refractivity contribution in [3.8, 4) is 6.07 Å². The number of aryl methyl sites for hydroxylation is 2. The summed E-state index contributed by atoms with van der Waals surface area (Å²) in [4.78, 5) is -0.0861. The highest BCUT2D eigenvalue weighted by Crippen LogP contribution is 2.24. The molecule has 0 radical (unpaired) electrons. The summed E-state index contributed by atoms with van der Waals surface area (Å²) in [6.07, 6.45) is 0. The van der Waals surface area contributed by atoms with E-state index in [9.17, 15) is 8.42 Å². The van der Waals surface area contributed by atoms with Crippen LogP contribution in [-0.2, 0) is 17.1 Å². The molecule has 0 aliphatic heterocycles. The zero-order valence-corrected chi connectivity index (χ0v) is 12.3. The molecule has 0 aliphatic rings. The fourth-order valence-corrected chi connectivity index (χ4v) is 3.31. The predicted octanol–water partition coefficient (Wildman–Crippen LogP) is 2.05. The van der Waals surface area contributed by atoms with Crippen molar-refractivity contribution in [1.82, 2.24) is 9.78 Å². The Hall–Kier alpha value is -2.04. The van der Waals surface area contributed by atoms with E-state index in [1.807, 2.05) is 6.07 Å². The van der Waals surface area contributed by atoms with Crippen molar-refractivity contribution >= 4 is 27.4 Å². The largest absolute Gasteiger partial charge is 0.264 e. The summed E-state index contributed by atoms with van der Waals surface area (Å²) < 4.78 is 28.4. The molecule has 1 heterocycles. The molecule has 1 N–H and O–H groups in total. The molecule has 0 atom stereocenters. The van der Waals surface area contributed by atoms with Crippen LogP contribution in [0.15, 0.2) is 29.2 Å². The third-order valence-corrected chi connectivity index (χ3v) is 4.43. The molecule has 0 fully saturated rings. The number of nitrogens with one attached hydrogen (secondary N) is 1. The minimum absolute atomic E-state index is 0.00422. The summed E-state index contributed by atoms with van der Waals surface area (Å²) in [7, 11) is -2.20. The summed E-state index contributed by atoms with van der Waals surface area (Å²) in [6, 6.07) is 7.51. The zero-order valence-electron chi connectivity index (χ0n) is 10.8. The standard InChI is InChI=1S/C12H11ClN4O2S/c1-8-5-12(17(2)15-8)16-20(18,19)11-4-3-9(7-14)6-10(11)13/h3-6,16H,1-2H3. The average Bonchev–Trinajstić information content (AvgIpc) is 2.66. The van der Waals surface area contributed by atoms with Crippen LogP contribution in [0.4, 0.5) is 5.82 Å². The van der Waals surface area contributed by atoms with Crippen molar-refractivity contribution < 1.29 is 8.42 Å². The highest BCUT2D eigenvalue weighted by atomic mass is 35.5. The van der Waals surface area contributed by atoms with Crippen LogP contribution in [0, 0.1) is 18.3 Å². The lowest BCUT2D eigenvalue weighted by Crippen LogP contribution is -2.15. The summed E-state index contributed by atoms with van der Waals surface area (Å²) in [5, 5.41) is 12.8. The topological polar surface area (TPSA) is 87.8 Å². The van der Waals surface area contributed by atoms with Crippen molar-refractivity contribution in [2.24, 2.45) is 7.05 Å². The second kappa shape index (κ2) is 5.15. The van der Waals surface area contributed by atoms with Gasteiger partial charge in [-0.3, -0.25) is 9.40 Å². The number of anilines is 1. The first-order valence-corrected chi connectivity index (χ1v) is 7.43. The maximum absolute atomic E-state index is 12.3. The van der Waals surface area contributed by atoms with E-state index in [1.165, 1.54) is 22.9 Å². The summed E-state index contributed by atoms with van der Waals surface area (Å²) >= 11 is 5.91. The number of hydrogen-bond donors (Lipinski definition) is 1. The SMILES string of the molecule is Cc1cc(NS(=O)(=O)c2ccc(C#N)cc2Cl)n(C)n1. The van der Waals surface area contributed by atoms with Gasteiger partial charge in [-0.15, -0.1) is 0 Å². The Morgan fingerprint density at radius 3 is 2.60 bits per heavy atom. The van der Waals surface area contributed by atoms with Crippen LogP contribution in [0.25, 0.3) is 0 Å². The fraction of sp³-hybridized carbons (Fsp3) is 0.167. The van der Waals surface area contributed by atoms with Gasteiger partial charge in [0.2, 0.25) is 0 Å². The fourth-order valence-electron chi connectivity index (χ4n) is 1.69. The molecular weight excluding hydrogens is 300 g/mol. The quantitative estimate of drug-likeness (QED) is 0.939. The van der Waals surface area contributed by atoms with E-state index in [2.05, 4.69) is 9.82 Å². The number of halogens is 1. The van der Waals surface area contributed by atoms with E-state index in [1.54, 1.807) is 20.0 Å². The molecule has 0 saturated carbocycles. The highest BCUT2D eigenvalue weighted by Gasteiger charge is 2.20. The molecule has 0 saturated heterocycles. The molecule has 0 amide bonds. The number of rotatable bonds is 3. The second-order valence-corrected chi connectivity index (χ2v) is 6.22. The van der Waals surface area contributed by atoms with Crippen LogP contribution in [0.5, 0.6) is 0 Å². The van der Waals surface area contributed by atoms with Gasteiger partial charge in [0.15, 0.2) is 0 Å². The number of nitriles is 1. The minimum Gasteiger partial charge on any atom is -0.264 e. The normalized spacial score (nSPS) is 11.1. The number of benzene rings is 1. The monoisotopic (exact) mass is 310 g/mol. The minimum atomic E-state index is -3.83. The number of sulfonamides is 1. The summed E-state index contributed by atoms with van der Waals surface area (Å²) in [5.74, 6) is 0.336. The van der Waals surface area contributed by atoms with Gasteiger partial charge < -0.3 is 0 Å². The molecule has 104 valence electrons. The van der Waals surface area contributed by atoms with Crippen LogP contribution < -0.4 is 4.72 Å². The summed E-state index contributed by atoms with van der Waals surface area (Å²) in [5.41, 5.74) is 0.987. The zero-order chi connectivity index (χ0) is 14.9. The Labute approximate surface area is 121 Å². The first-order chi connectivity index (χ1) is 9.33. The van der Waals surface area contributed by atoms with Crippen molar-refractivity contribution in [3.63, 3.8) is 0 Å². The number of aromatic nitrogens is 2. The lowest BCUT2D eigenvalue weighted by Gasteiger charge is -2.09. The molecule has 20 heavy (non-hydrogen) atoms. The average molecular weight is 311 g/mol. The van der Waals surface area contributed by atoms with E-state index in [0.717, 1.165) is 0 Å². The Morgan fingerprint density at radius 2 is 2.10 bits per heavy atom. The maximum atomic E-state index is 12.3. The van der Waals surface area contributed by atoms with Gasteiger partial charge in [-0.1, -0.05) is 11.6 Å². The van der Waals surface area contributed by atoms with E-state index >= 15 is 0 Å². The van der Waals surface area contributed by atoms with E-state index < -0.39 is 10.0 Å². The van der Waals surface area contributed by atoms with Crippen molar-refractivity contribution in [1.29, 1.82) is 5.26 Å². The molecule has 0 bridgehead atoms. The summed E-state index contributed by atoms with van der Waals surface area (Å²) in [6.45, 7) is 1.76. The third-order valence-electron chi connectivity index (χ3n) is 2.59. The van der Waals surface area contributed by atoms with Crippen molar-refractivity contribution in [3.05, 3.63) is 40.5 Å². The Balaban J connectivity index is 2.41. The second-order valence-electron chi connectivity index (χ2n) is 4.16. The van der Waals surface area contributed by atoms with Gasteiger partial charge in [-0.25, -0.2) is 8.42 Å². The first-order valence-electron chi connectivity index (χ1n) is 5.56. The van der Waals surface area contributed by atoms with E-state index in [4.69, 9.17) is 16.9 Å². The van der Waals surface area contributed by atoms with Crippen LogP contribution in [0.3, 0.4) is 0 Å². The van der Waals surface area contributed by atoms with Gasteiger partial charge in [0, 0.05) is 13.1 Å². The molecule has 0 spiro atoms. The Kier molecular flexibility index (Phi) is 3.70. The molecular formula is C12H11ClN4O2S. The molecule has 8 heteroatoms. The van der Waals surface area contributed by atoms with Gasteiger partial charge in [-0.05, 0) is 25.1 Å². The van der Waals surface area contributed by atoms with E-state index in [-0.39, 0.29) is 9.92 Å². The molecule has 1 aromatic carbocycles. The molecule has 2 aromatic rings. The van der Waals surface area contributed by atoms with Crippen LogP contribution in [0.2, 0.25) is 5.02 Å². The van der Waals surface area contributed by atoms with Gasteiger partial charge >= 0.3 is 0 Å². The Morgan fingerprint density at radius 1 is 1.40 bits per heavy atom. The van der Waals surface area contributed by atoms with E-state index in [0.29, 0.717) is 17.1 Å². The maximum Gasteiger partial charge on any atom is 0.264 e. The number of hydrogen-bond acceptors (Lipinski definition) is 4. The van der Waals surface area contributed by atoms with Crippen LogP contribution >= 0.6 is 11.6 Å². The van der Waals surface area contributed by atoms with Gasteiger partial charge in [0.1, 0.15) is 10.7 Å². The third kappa shape index (κ3) is 2.76. The number of nitrogens with zero attached hydrogens (tertiary/aromatic N) is 3. The van der Waals surface area contributed by atoms with Gasteiger partial charge in [0.05, 0.1) is 22.3 Å². The molecule has 2 rings (SSSR count). The molecule has 0 aliphatic carbocycles. The van der Waals surface area contributed by atoms with Crippen molar-refractivity contribution in [2.45, 2.75) is 11.8 Å². The Bertz CT molecular complexity index is 805. The van der Waals surface area contributed by atoms with Crippen LogP contribution in [-0.4, -0.2) is 18.2 Å². The van der Waals surface area contributed by atoms with Crippen LogP contribution in [0.1, 0.15) is 11.3 Å². The smallest absolute Gasteiger partial charge is 0.264 e. The first kappa shape index (κ1) is 14.4. The molecule has 6 nitrogen and oxygen atoms in total. The molecule has 0 unspecified atom stereocenters. The molecule has 1 aromatic heterocycles.